The summed E-state index contributed by atoms with van der Waals surface area (Å²) in [5, 5.41) is 2.59. The van der Waals surface area contributed by atoms with E-state index in [1.807, 2.05) is 0 Å². The number of nitrogens with one attached hydrogen (secondary N) is 1. The Morgan fingerprint density at radius 2 is 2.19 bits per heavy atom. The number of hydrogen-bond donors (Lipinski definition) is 2. The topological polar surface area (TPSA) is 53.6 Å². The highest BCUT2D eigenvalue weighted by Crippen LogP contribution is 2.27. The minimum absolute atomic E-state index is 0.00208. The Morgan fingerprint density at radius 1 is 1.43 bits per heavy atom. The Hall–Kier alpha value is -1.69. The van der Waals surface area contributed by atoms with E-state index in [1.165, 1.54) is 12.8 Å². The second-order valence-corrected chi connectivity index (χ2v) is 5.92. The van der Waals surface area contributed by atoms with Crippen molar-refractivity contribution in [3.05, 3.63) is 29.8 Å². The molecule has 0 atom stereocenters. The minimum atomic E-state index is -0.560. The van der Waals surface area contributed by atoms with Crippen molar-refractivity contribution < 1.29 is 8.78 Å². The summed E-state index contributed by atoms with van der Waals surface area (Å²) in [6, 6.07) is 3.17. The molecule has 1 aliphatic rings. The van der Waals surface area contributed by atoms with Gasteiger partial charge in [-0.3, -0.25) is 9.89 Å². The number of likely N-dealkylation sites (tertiary alicyclic amines) is 1. The van der Waals surface area contributed by atoms with E-state index in [-0.39, 0.29) is 17.2 Å². The van der Waals surface area contributed by atoms with Crippen LogP contribution in [-0.4, -0.2) is 36.0 Å². The first kappa shape index (κ1) is 15.7. The van der Waals surface area contributed by atoms with E-state index >= 15 is 0 Å². The maximum Gasteiger partial charge on any atom is 0.193 e. The zero-order valence-corrected chi connectivity index (χ0v) is 12.5. The summed E-state index contributed by atoms with van der Waals surface area (Å²) in [5.41, 5.74) is 5.91. The first-order valence-electron chi connectivity index (χ1n) is 7.15. The normalized spacial score (nSPS) is 19.0. The summed E-state index contributed by atoms with van der Waals surface area (Å²) in [6.07, 6.45) is 2.37. The highest BCUT2D eigenvalue weighted by molar-refractivity contribution is 5.92. The summed E-state index contributed by atoms with van der Waals surface area (Å²) >= 11 is 0. The van der Waals surface area contributed by atoms with Crippen molar-refractivity contribution in [1.82, 2.24) is 4.90 Å². The van der Waals surface area contributed by atoms with E-state index in [9.17, 15) is 8.78 Å². The van der Waals surface area contributed by atoms with E-state index in [0.717, 1.165) is 31.3 Å². The zero-order chi connectivity index (χ0) is 15.5. The molecule has 4 nitrogen and oxygen atoms in total. The van der Waals surface area contributed by atoms with E-state index in [1.54, 1.807) is 0 Å². The summed E-state index contributed by atoms with van der Waals surface area (Å²) in [5.74, 6) is -0.989. The number of guanidine groups is 1. The molecule has 2 rings (SSSR count). The second kappa shape index (κ2) is 6.39. The molecule has 0 saturated carbocycles. The predicted molar refractivity (Wildman–Crippen MR) is 81.4 cm³/mol. The SMILES string of the molecule is CC1(C)CCCN1CCN=C(N)Nc1cc(F)ccc1F. The Balaban J connectivity index is 1.88. The van der Waals surface area contributed by atoms with Gasteiger partial charge in [0.2, 0.25) is 0 Å². The maximum atomic E-state index is 13.5. The van der Waals surface area contributed by atoms with Crippen molar-refractivity contribution in [1.29, 1.82) is 0 Å². The first-order valence-corrected chi connectivity index (χ1v) is 7.15. The van der Waals surface area contributed by atoms with Gasteiger partial charge in [0, 0.05) is 18.2 Å². The van der Waals surface area contributed by atoms with Gasteiger partial charge in [-0.15, -0.1) is 0 Å². The third-order valence-electron chi connectivity index (χ3n) is 3.92. The number of halogens is 2. The zero-order valence-electron chi connectivity index (χ0n) is 12.5. The van der Waals surface area contributed by atoms with Crippen molar-refractivity contribution in [3.63, 3.8) is 0 Å². The Bertz CT molecular complexity index is 528. The molecule has 1 aliphatic heterocycles. The smallest absolute Gasteiger partial charge is 0.193 e. The van der Waals surface area contributed by atoms with E-state index in [4.69, 9.17) is 5.73 Å². The van der Waals surface area contributed by atoms with Gasteiger partial charge in [-0.2, -0.15) is 0 Å². The average Bonchev–Trinajstić information content (AvgIpc) is 2.73. The molecule has 0 bridgehead atoms. The van der Waals surface area contributed by atoms with Crippen LogP contribution < -0.4 is 11.1 Å². The molecule has 1 heterocycles. The van der Waals surface area contributed by atoms with Gasteiger partial charge in [0.1, 0.15) is 11.6 Å². The molecule has 1 aromatic carbocycles. The second-order valence-electron chi connectivity index (χ2n) is 5.92. The largest absolute Gasteiger partial charge is 0.370 e. The monoisotopic (exact) mass is 296 g/mol. The average molecular weight is 296 g/mol. The number of nitrogens with two attached hydrogens (primary N) is 1. The molecular formula is C15H22F2N4. The number of hydrogen-bond acceptors (Lipinski definition) is 2. The van der Waals surface area contributed by atoms with Crippen LogP contribution in [-0.2, 0) is 0 Å². The van der Waals surface area contributed by atoms with E-state index < -0.39 is 11.6 Å². The van der Waals surface area contributed by atoms with Crippen LogP contribution in [0.15, 0.2) is 23.2 Å². The van der Waals surface area contributed by atoms with Crippen LogP contribution in [0.4, 0.5) is 14.5 Å². The van der Waals surface area contributed by atoms with Crippen LogP contribution in [0.2, 0.25) is 0 Å². The van der Waals surface area contributed by atoms with Gasteiger partial charge in [0.25, 0.3) is 0 Å². The fraction of sp³-hybridized carbons (Fsp3) is 0.533. The molecule has 0 radical (unpaired) electrons. The molecule has 0 aliphatic carbocycles. The minimum Gasteiger partial charge on any atom is -0.370 e. The number of nitrogens with zero attached hydrogens (tertiary/aromatic N) is 2. The first-order chi connectivity index (χ1) is 9.88. The van der Waals surface area contributed by atoms with Gasteiger partial charge in [-0.25, -0.2) is 8.78 Å². The lowest BCUT2D eigenvalue weighted by molar-refractivity contribution is 0.180. The van der Waals surface area contributed by atoms with Gasteiger partial charge in [-0.1, -0.05) is 0 Å². The van der Waals surface area contributed by atoms with Crippen molar-refractivity contribution in [2.75, 3.05) is 25.0 Å². The molecule has 3 N–H and O–H groups in total. The standard InChI is InChI=1S/C15H22F2N4/c1-15(2)6-3-8-21(15)9-7-19-14(18)20-13-10-11(16)4-5-12(13)17/h4-5,10H,3,6-9H2,1-2H3,(H3,18,19,20). The van der Waals surface area contributed by atoms with Crippen LogP contribution in [0.5, 0.6) is 0 Å². The van der Waals surface area contributed by atoms with Gasteiger partial charge in [0.15, 0.2) is 5.96 Å². The van der Waals surface area contributed by atoms with Crippen LogP contribution in [0.3, 0.4) is 0 Å². The molecule has 21 heavy (non-hydrogen) atoms. The Kier molecular flexibility index (Phi) is 4.77. The van der Waals surface area contributed by atoms with Gasteiger partial charge >= 0.3 is 0 Å². The lowest BCUT2D eigenvalue weighted by Crippen LogP contribution is -2.40. The molecular weight excluding hydrogens is 274 g/mol. The lowest BCUT2D eigenvalue weighted by atomic mass is 10.0. The highest BCUT2D eigenvalue weighted by Gasteiger charge is 2.30. The van der Waals surface area contributed by atoms with Crippen LogP contribution >= 0.6 is 0 Å². The van der Waals surface area contributed by atoms with Crippen LogP contribution in [0.25, 0.3) is 0 Å². The van der Waals surface area contributed by atoms with Crippen LogP contribution in [0.1, 0.15) is 26.7 Å². The Morgan fingerprint density at radius 3 is 2.86 bits per heavy atom. The molecule has 0 aromatic heterocycles. The highest BCUT2D eigenvalue weighted by atomic mass is 19.1. The van der Waals surface area contributed by atoms with E-state index in [0.29, 0.717) is 6.54 Å². The molecule has 1 saturated heterocycles. The number of rotatable bonds is 4. The third-order valence-corrected chi connectivity index (χ3v) is 3.92. The third kappa shape index (κ3) is 4.14. The summed E-state index contributed by atoms with van der Waals surface area (Å²) in [7, 11) is 0. The molecule has 0 unspecified atom stereocenters. The predicted octanol–water partition coefficient (Wildman–Crippen LogP) is 2.57. The Labute approximate surface area is 124 Å². The fourth-order valence-corrected chi connectivity index (χ4v) is 2.64. The summed E-state index contributed by atoms with van der Waals surface area (Å²) in [4.78, 5) is 6.54. The van der Waals surface area contributed by atoms with Crippen molar-refractivity contribution in [2.45, 2.75) is 32.2 Å². The molecule has 0 spiro atoms. The van der Waals surface area contributed by atoms with E-state index in [2.05, 4.69) is 29.1 Å². The molecule has 1 fully saturated rings. The molecule has 116 valence electrons. The maximum absolute atomic E-state index is 13.5. The number of anilines is 1. The molecule has 0 amide bonds. The van der Waals surface area contributed by atoms with Crippen molar-refractivity contribution in [2.24, 2.45) is 10.7 Å². The van der Waals surface area contributed by atoms with Crippen LogP contribution in [0, 0.1) is 11.6 Å². The molecule has 1 aromatic rings. The van der Waals surface area contributed by atoms with Gasteiger partial charge in [-0.05, 0) is 45.4 Å². The van der Waals surface area contributed by atoms with Gasteiger partial charge in [0.05, 0.1) is 12.2 Å². The number of benzene rings is 1. The quantitative estimate of drug-likeness (QED) is 0.663. The molecule has 6 heteroatoms. The van der Waals surface area contributed by atoms with Crippen molar-refractivity contribution >= 4 is 11.6 Å². The summed E-state index contributed by atoms with van der Waals surface area (Å²) in [6.45, 7) is 6.83. The number of aliphatic imine (C=N–C) groups is 1. The van der Waals surface area contributed by atoms with Crippen molar-refractivity contribution in [3.8, 4) is 0 Å². The summed E-state index contributed by atoms with van der Waals surface area (Å²) < 4.78 is 26.5. The lowest BCUT2D eigenvalue weighted by Gasteiger charge is -2.30. The van der Waals surface area contributed by atoms with Gasteiger partial charge < -0.3 is 11.1 Å². The fourth-order valence-electron chi connectivity index (χ4n) is 2.64.